The van der Waals surface area contributed by atoms with Crippen molar-refractivity contribution in [3.63, 3.8) is 0 Å². The monoisotopic (exact) mass is 367 g/mol. The molecule has 0 bridgehead atoms. The van der Waals surface area contributed by atoms with Crippen LogP contribution < -0.4 is 9.46 Å². The molecule has 0 unspecified atom stereocenters. The standard InChI is InChI=1S/C14H10F5NO3S/c1-23-13-5-2-8(14(17,18)19)6-12(13)20-24(21,22)9-3-4-10(15)11(16)7-9/h2-7,20H,1H3. The largest absolute Gasteiger partial charge is 0.495 e. The van der Waals surface area contributed by atoms with Gasteiger partial charge in [0, 0.05) is 0 Å². The molecule has 0 spiro atoms. The first-order valence-corrected chi connectivity index (χ1v) is 7.76. The van der Waals surface area contributed by atoms with Crippen LogP contribution in [0.5, 0.6) is 5.75 Å². The van der Waals surface area contributed by atoms with Crippen molar-refractivity contribution in [1.29, 1.82) is 0 Å². The van der Waals surface area contributed by atoms with Crippen molar-refractivity contribution in [2.75, 3.05) is 11.8 Å². The Hall–Kier alpha value is -2.36. The van der Waals surface area contributed by atoms with Crippen LogP contribution in [0.15, 0.2) is 41.3 Å². The van der Waals surface area contributed by atoms with E-state index in [0.29, 0.717) is 24.3 Å². The van der Waals surface area contributed by atoms with Gasteiger partial charge in [-0.2, -0.15) is 13.2 Å². The Bertz CT molecular complexity index is 865. The van der Waals surface area contributed by atoms with Crippen molar-refractivity contribution in [2.45, 2.75) is 11.1 Å². The first-order chi connectivity index (χ1) is 11.0. The number of hydrogen-bond acceptors (Lipinski definition) is 3. The lowest BCUT2D eigenvalue weighted by atomic mass is 10.2. The SMILES string of the molecule is COc1ccc(C(F)(F)F)cc1NS(=O)(=O)c1ccc(F)c(F)c1. The number of benzene rings is 2. The molecule has 0 aromatic heterocycles. The lowest BCUT2D eigenvalue weighted by Crippen LogP contribution is -2.15. The van der Waals surface area contributed by atoms with Crippen LogP contribution >= 0.6 is 0 Å². The molecule has 0 aliphatic rings. The molecule has 2 aromatic carbocycles. The van der Waals surface area contributed by atoms with Crippen molar-refractivity contribution < 1.29 is 35.1 Å². The van der Waals surface area contributed by atoms with Crippen LogP contribution in [0.1, 0.15) is 5.56 Å². The fraction of sp³-hybridized carbons (Fsp3) is 0.143. The second-order valence-corrected chi connectivity index (χ2v) is 6.28. The molecule has 0 heterocycles. The highest BCUT2D eigenvalue weighted by Gasteiger charge is 2.32. The number of hydrogen-bond donors (Lipinski definition) is 1. The van der Waals surface area contributed by atoms with Gasteiger partial charge in [0.15, 0.2) is 11.6 Å². The minimum atomic E-state index is -4.70. The van der Waals surface area contributed by atoms with Crippen molar-refractivity contribution in [3.8, 4) is 5.75 Å². The minimum Gasteiger partial charge on any atom is -0.495 e. The fourth-order valence-corrected chi connectivity index (χ4v) is 2.88. The van der Waals surface area contributed by atoms with Crippen LogP contribution in [-0.4, -0.2) is 15.5 Å². The number of ether oxygens (including phenoxy) is 1. The maximum atomic E-state index is 13.2. The van der Waals surface area contributed by atoms with E-state index in [2.05, 4.69) is 0 Å². The van der Waals surface area contributed by atoms with Crippen LogP contribution in [0, 0.1) is 11.6 Å². The average Bonchev–Trinajstić information content (AvgIpc) is 2.48. The molecule has 0 radical (unpaired) electrons. The number of nitrogens with one attached hydrogen (secondary N) is 1. The summed E-state index contributed by atoms with van der Waals surface area (Å²) in [6.45, 7) is 0. The molecule has 0 aliphatic carbocycles. The molecular formula is C14H10F5NO3S. The lowest BCUT2D eigenvalue weighted by molar-refractivity contribution is -0.137. The maximum absolute atomic E-state index is 13.2. The first-order valence-electron chi connectivity index (χ1n) is 6.27. The van der Waals surface area contributed by atoms with Crippen molar-refractivity contribution in [3.05, 3.63) is 53.6 Å². The molecule has 130 valence electrons. The van der Waals surface area contributed by atoms with Gasteiger partial charge in [-0.15, -0.1) is 0 Å². The van der Waals surface area contributed by atoms with Gasteiger partial charge in [0.05, 0.1) is 23.3 Å². The second-order valence-electron chi connectivity index (χ2n) is 4.59. The van der Waals surface area contributed by atoms with Gasteiger partial charge < -0.3 is 4.74 Å². The molecule has 2 rings (SSSR count). The topological polar surface area (TPSA) is 55.4 Å². The summed E-state index contributed by atoms with van der Waals surface area (Å²) in [6, 6.07) is 3.97. The molecular weight excluding hydrogens is 357 g/mol. The average molecular weight is 367 g/mol. The van der Waals surface area contributed by atoms with Gasteiger partial charge in [-0.1, -0.05) is 0 Å². The third-order valence-corrected chi connectivity index (χ3v) is 4.34. The normalized spacial score (nSPS) is 12.1. The molecule has 0 aliphatic heterocycles. The Balaban J connectivity index is 2.46. The molecule has 0 saturated carbocycles. The van der Waals surface area contributed by atoms with E-state index in [1.165, 1.54) is 0 Å². The number of alkyl halides is 3. The van der Waals surface area contributed by atoms with E-state index in [4.69, 9.17) is 4.74 Å². The number of halogens is 5. The summed E-state index contributed by atoms with van der Waals surface area (Å²) in [5, 5.41) is 0. The van der Waals surface area contributed by atoms with E-state index in [1.54, 1.807) is 0 Å². The molecule has 1 N–H and O–H groups in total. The van der Waals surface area contributed by atoms with Gasteiger partial charge in [-0.25, -0.2) is 17.2 Å². The quantitative estimate of drug-likeness (QED) is 0.837. The predicted molar refractivity (Wildman–Crippen MR) is 75.2 cm³/mol. The Morgan fingerprint density at radius 3 is 2.21 bits per heavy atom. The van der Waals surface area contributed by atoms with Crippen molar-refractivity contribution in [1.82, 2.24) is 0 Å². The highest BCUT2D eigenvalue weighted by atomic mass is 32.2. The molecule has 0 fully saturated rings. The predicted octanol–water partition coefficient (Wildman–Crippen LogP) is 3.79. The zero-order chi connectivity index (χ0) is 18.1. The summed E-state index contributed by atoms with van der Waals surface area (Å²) in [6.07, 6.45) is -4.70. The van der Waals surface area contributed by atoms with Crippen molar-refractivity contribution in [2.24, 2.45) is 0 Å². The van der Waals surface area contributed by atoms with Crippen LogP contribution in [0.2, 0.25) is 0 Å². The van der Waals surface area contributed by atoms with Gasteiger partial charge >= 0.3 is 6.18 Å². The van der Waals surface area contributed by atoms with E-state index < -0.39 is 44.0 Å². The fourth-order valence-electron chi connectivity index (χ4n) is 1.81. The third kappa shape index (κ3) is 3.75. The first kappa shape index (κ1) is 18.0. The Labute approximate surface area is 133 Å². The van der Waals surface area contributed by atoms with E-state index in [9.17, 15) is 30.4 Å². The number of rotatable bonds is 4. The number of methoxy groups -OCH3 is 1. The number of sulfonamides is 1. The van der Waals surface area contributed by atoms with Gasteiger partial charge in [-0.3, -0.25) is 4.72 Å². The Morgan fingerprint density at radius 1 is 1.00 bits per heavy atom. The second kappa shape index (κ2) is 6.27. The number of anilines is 1. The zero-order valence-electron chi connectivity index (χ0n) is 12.0. The summed E-state index contributed by atoms with van der Waals surface area (Å²) in [5.41, 5.74) is -1.59. The summed E-state index contributed by atoms with van der Waals surface area (Å²) in [4.78, 5) is -0.652. The van der Waals surface area contributed by atoms with E-state index >= 15 is 0 Å². The summed E-state index contributed by atoms with van der Waals surface area (Å²) < 4.78 is 95.3. The van der Waals surface area contributed by atoms with Gasteiger partial charge in [-0.05, 0) is 36.4 Å². The van der Waals surface area contributed by atoms with Crippen molar-refractivity contribution >= 4 is 15.7 Å². The molecule has 4 nitrogen and oxygen atoms in total. The summed E-state index contributed by atoms with van der Waals surface area (Å²) >= 11 is 0. The molecule has 0 amide bonds. The summed E-state index contributed by atoms with van der Waals surface area (Å²) in [5.74, 6) is -2.84. The van der Waals surface area contributed by atoms with Gasteiger partial charge in [0.25, 0.3) is 10.0 Å². The highest BCUT2D eigenvalue weighted by molar-refractivity contribution is 7.92. The Kier molecular flexibility index (Phi) is 4.70. The molecule has 0 atom stereocenters. The van der Waals surface area contributed by atoms with Crippen LogP contribution in [0.3, 0.4) is 0 Å². The maximum Gasteiger partial charge on any atom is 0.416 e. The molecule has 0 saturated heterocycles. The Morgan fingerprint density at radius 2 is 1.67 bits per heavy atom. The van der Waals surface area contributed by atoms with Crippen LogP contribution in [0.25, 0.3) is 0 Å². The lowest BCUT2D eigenvalue weighted by Gasteiger charge is -2.14. The third-order valence-electron chi connectivity index (χ3n) is 2.97. The highest BCUT2D eigenvalue weighted by Crippen LogP contribution is 2.35. The smallest absolute Gasteiger partial charge is 0.416 e. The molecule has 24 heavy (non-hydrogen) atoms. The van der Waals surface area contributed by atoms with Crippen LogP contribution in [0.4, 0.5) is 27.6 Å². The van der Waals surface area contributed by atoms with E-state index in [0.717, 1.165) is 19.2 Å². The molecule has 2 aromatic rings. The van der Waals surface area contributed by atoms with Gasteiger partial charge in [0.1, 0.15) is 5.75 Å². The summed E-state index contributed by atoms with van der Waals surface area (Å²) in [7, 11) is -3.31. The minimum absolute atomic E-state index is 0.172. The zero-order valence-corrected chi connectivity index (χ0v) is 12.8. The van der Waals surface area contributed by atoms with Crippen LogP contribution in [-0.2, 0) is 16.2 Å². The van der Waals surface area contributed by atoms with E-state index in [-0.39, 0.29) is 5.75 Å². The van der Waals surface area contributed by atoms with Gasteiger partial charge in [0.2, 0.25) is 0 Å². The molecule has 10 heteroatoms. The van der Waals surface area contributed by atoms with E-state index in [1.807, 2.05) is 4.72 Å².